The number of hydrogen-bond acceptors (Lipinski definition) is 7. The van der Waals surface area contributed by atoms with Crippen molar-refractivity contribution in [2.24, 2.45) is 5.84 Å². The van der Waals surface area contributed by atoms with Crippen LogP contribution in [-0.2, 0) is 0 Å². The Balaban J connectivity index is 2.41. The predicted octanol–water partition coefficient (Wildman–Crippen LogP) is 1.06. The molecule has 0 aliphatic heterocycles. The molecule has 0 atom stereocenters. The van der Waals surface area contributed by atoms with Crippen molar-refractivity contribution in [3.8, 4) is 0 Å². The first-order valence-corrected chi connectivity index (χ1v) is 5.55. The second-order valence-electron chi connectivity index (χ2n) is 3.80. The van der Waals surface area contributed by atoms with Gasteiger partial charge in [0.25, 0.3) is 11.6 Å². The fourth-order valence-electron chi connectivity index (χ4n) is 1.55. The molecule has 0 aliphatic carbocycles. The van der Waals surface area contributed by atoms with Crippen molar-refractivity contribution in [3.05, 3.63) is 52.2 Å². The Labute approximate surface area is 117 Å². The Morgan fingerprint density at radius 1 is 1.38 bits per heavy atom. The van der Waals surface area contributed by atoms with E-state index in [1.165, 1.54) is 18.6 Å². The minimum absolute atomic E-state index is 0.100. The number of aromatic nitrogens is 2. The third kappa shape index (κ3) is 3.06. The number of anilines is 2. The summed E-state index contributed by atoms with van der Waals surface area (Å²) in [5, 5.41) is 13.2. The molecule has 0 saturated carbocycles. The van der Waals surface area contributed by atoms with Gasteiger partial charge in [-0.3, -0.25) is 25.7 Å². The van der Waals surface area contributed by atoms with Crippen LogP contribution < -0.4 is 16.6 Å². The van der Waals surface area contributed by atoms with Gasteiger partial charge in [0.15, 0.2) is 11.6 Å². The minimum atomic E-state index is -0.944. The molecule has 108 valence electrons. The zero-order valence-corrected chi connectivity index (χ0v) is 10.4. The number of nitro benzene ring substituents is 1. The van der Waals surface area contributed by atoms with Crippen molar-refractivity contribution >= 4 is 23.1 Å². The quantitative estimate of drug-likeness (QED) is 0.435. The lowest BCUT2D eigenvalue weighted by Gasteiger charge is -2.07. The smallest absolute Gasteiger partial charge is 0.285 e. The molecule has 1 aromatic heterocycles. The summed E-state index contributed by atoms with van der Waals surface area (Å²) in [7, 11) is 0. The van der Waals surface area contributed by atoms with E-state index in [1.54, 1.807) is 0 Å². The second kappa shape index (κ2) is 5.88. The summed E-state index contributed by atoms with van der Waals surface area (Å²) in [5.74, 6) is 3.41. The highest BCUT2D eigenvalue weighted by atomic mass is 19.1. The van der Waals surface area contributed by atoms with Gasteiger partial charge in [0.1, 0.15) is 5.56 Å². The average Bonchev–Trinajstić information content (AvgIpc) is 2.47. The van der Waals surface area contributed by atoms with Crippen LogP contribution in [0.25, 0.3) is 0 Å². The monoisotopic (exact) mass is 292 g/mol. The number of nitrogens with one attached hydrogen (secondary N) is 2. The number of nitrogens with two attached hydrogens (primary N) is 1. The summed E-state index contributed by atoms with van der Waals surface area (Å²) in [4.78, 5) is 29.6. The molecular formula is C11H9FN6O3. The first kappa shape index (κ1) is 14.3. The Morgan fingerprint density at radius 2 is 2.14 bits per heavy atom. The summed E-state index contributed by atoms with van der Waals surface area (Å²) in [6.45, 7) is 0. The molecule has 1 amide bonds. The van der Waals surface area contributed by atoms with E-state index in [0.717, 1.165) is 6.07 Å². The van der Waals surface area contributed by atoms with Crippen molar-refractivity contribution in [1.82, 2.24) is 9.97 Å². The van der Waals surface area contributed by atoms with E-state index in [-0.39, 0.29) is 17.1 Å². The highest BCUT2D eigenvalue weighted by Gasteiger charge is 2.23. The predicted molar refractivity (Wildman–Crippen MR) is 70.8 cm³/mol. The van der Waals surface area contributed by atoms with Crippen LogP contribution in [0.3, 0.4) is 0 Å². The summed E-state index contributed by atoms with van der Waals surface area (Å²) in [5.41, 5.74) is 0.721. The number of carbonyl (C=O) groups excluding carboxylic acids is 1. The van der Waals surface area contributed by atoms with Gasteiger partial charge < -0.3 is 10.7 Å². The highest BCUT2D eigenvalue weighted by molar-refractivity contribution is 6.07. The Hall–Kier alpha value is -3.14. The van der Waals surface area contributed by atoms with Crippen LogP contribution in [0, 0.1) is 15.9 Å². The van der Waals surface area contributed by atoms with Gasteiger partial charge in [-0.1, -0.05) is 0 Å². The fourth-order valence-corrected chi connectivity index (χ4v) is 1.55. The number of nitrogens with zero attached hydrogens (tertiary/aromatic N) is 3. The molecule has 21 heavy (non-hydrogen) atoms. The zero-order valence-electron chi connectivity index (χ0n) is 10.4. The Kier molecular flexibility index (Phi) is 4.00. The van der Waals surface area contributed by atoms with Gasteiger partial charge in [-0.2, -0.15) is 0 Å². The van der Waals surface area contributed by atoms with E-state index >= 15 is 0 Å². The minimum Gasteiger partial charge on any atom is -0.321 e. The maximum Gasteiger partial charge on any atom is 0.285 e. The molecule has 4 N–H and O–H groups in total. The topological polar surface area (TPSA) is 136 Å². The number of carbonyl (C=O) groups is 1. The molecule has 0 radical (unpaired) electrons. The van der Waals surface area contributed by atoms with Crippen LogP contribution in [0.4, 0.5) is 21.6 Å². The van der Waals surface area contributed by atoms with Crippen LogP contribution in [-0.4, -0.2) is 20.8 Å². The van der Waals surface area contributed by atoms with Gasteiger partial charge in [0.2, 0.25) is 0 Å². The first-order valence-electron chi connectivity index (χ1n) is 5.55. The Morgan fingerprint density at radius 3 is 2.71 bits per heavy atom. The third-order valence-corrected chi connectivity index (χ3v) is 2.49. The normalized spacial score (nSPS) is 10.0. The lowest BCUT2D eigenvalue weighted by Crippen LogP contribution is -2.17. The molecule has 1 aromatic carbocycles. The number of nitrogen functional groups attached to an aromatic ring is 1. The van der Waals surface area contributed by atoms with Gasteiger partial charge in [0, 0.05) is 12.4 Å². The Bertz CT molecular complexity index is 694. The van der Waals surface area contributed by atoms with Crippen molar-refractivity contribution in [2.45, 2.75) is 0 Å². The molecule has 0 bridgehead atoms. The van der Waals surface area contributed by atoms with E-state index in [2.05, 4.69) is 15.3 Å². The van der Waals surface area contributed by atoms with Gasteiger partial charge in [0.05, 0.1) is 22.9 Å². The number of nitro groups is 1. The molecule has 10 heteroatoms. The third-order valence-electron chi connectivity index (χ3n) is 2.49. The summed E-state index contributed by atoms with van der Waals surface area (Å²) < 4.78 is 13.5. The number of rotatable bonds is 4. The molecule has 0 spiro atoms. The highest BCUT2D eigenvalue weighted by Crippen LogP contribution is 2.26. The number of hydrogen-bond donors (Lipinski definition) is 3. The fraction of sp³-hybridized carbons (Fsp3) is 0. The van der Waals surface area contributed by atoms with Crippen LogP contribution in [0.15, 0.2) is 30.7 Å². The van der Waals surface area contributed by atoms with Crippen molar-refractivity contribution in [3.63, 3.8) is 0 Å². The summed E-state index contributed by atoms with van der Waals surface area (Å²) in [6.07, 6.45) is 3.99. The molecule has 2 rings (SSSR count). The van der Waals surface area contributed by atoms with E-state index in [0.29, 0.717) is 6.07 Å². The van der Waals surface area contributed by atoms with Crippen molar-refractivity contribution in [1.29, 1.82) is 0 Å². The van der Waals surface area contributed by atoms with Gasteiger partial charge >= 0.3 is 0 Å². The number of halogens is 1. The van der Waals surface area contributed by atoms with E-state index in [9.17, 15) is 19.3 Å². The second-order valence-corrected chi connectivity index (χ2v) is 3.80. The average molecular weight is 292 g/mol. The molecular weight excluding hydrogens is 283 g/mol. The molecule has 0 unspecified atom stereocenters. The SMILES string of the molecule is NNc1cc(C(=O)Nc2cnccn2)c([N+](=O)[O-])cc1F. The van der Waals surface area contributed by atoms with Gasteiger partial charge in [-0.25, -0.2) is 9.37 Å². The van der Waals surface area contributed by atoms with E-state index in [4.69, 9.17) is 5.84 Å². The summed E-state index contributed by atoms with van der Waals surface area (Å²) >= 11 is 0. The number of amides is 1. The van der Waals surface area contributed by atoms with Gasteiger partial charge in [-0.15, -0.1) is 0 Å². The van der Waals surface area contributed by atoms with Crippen LogP contribution in [0.1, 0.15) is 10.4 Å². The van der Waals surface area contributed by atoms with Gasteiger partial charge in [-0.05, 0) is 6.07 Å². The molecule has 2 aromatic rings. The molecule has 1 heterocycles. The van der Waals surface area contributed by atoms with E-state index < -0.39 is 22.3 Å². The lowest BCUT2D eigenvalue weighted by atomic mass is 10.1. The van der Waals surface area contributed by atoms with Crippen molar-refractivity contribution in [2.75, 3.05) is 10.7 Å². The zero-order chi connectivity index (χ0) is 15.4. The first-order chi connectivity index (χ1) is 10.0. The van der Waals surface area contributed by atoms with Crippen LogP contribution in [0.5, 0.6) is 0 Å². The van der Waals surface area contributed by atoms with E-state index in [1.807, 2.05) is 5.43 Å². The van der Waals surface area contributed by atoms with Crippen LogP contribution >= 0.6 is 0 Å². The largest absolute Gasteiger partial charge is 0.321 e. The maximum absolute atomic E-state index is 13.5. The molecule has 0 aliphatic rings. The molecule has 9 nitrogen and oxygen atoms in total. The number of hydrazine groups is 1. The summed E-state index contributed by atoms with van der Waals surface area (Å²) in [6, 6.07) is 1.56. The molecule has 0 fully saturated rings. The van der Waals surface area contributed by atoms with Crippen molar-refractivity contribution < 1.29 is 14.1 Å². The lowest BCUT2D eigenvalue weighted by molar-refractivity contribution is -0.385. The number of benzene rings is 1. The standard InChI is InChI=1S/C11H9FN6O3/c12-7-4-9(18(20)21)6(3-8(7)17-13)11(19)16-10-5-14-1-2-15-10/h1-5,17H,13H2,(H,15,16,19). The molecule has 0 saturated heterocycles. The maximum atomic E-state index is 13.5. The van der Waals surface area contributed by atoms with Crippen LogP contribution in [0.2, 0.25) is 0 Å².